The van der Waals surface area contributed by atoms with Crippen LogP contribution in [0.25, 0.3) is 0 Å². The van der Waals surface area contributed by atoms with Crippen LogP contribution in [0.4, 0.5) is 10.5 Å². The number of amides is 2. The van der Waals surface area contributed by atoms with Gasteiger partial charge in [0.25, 0.3) is 0 Å². The normalized spacial score (nSPS) is 12.9. The molecule has 1 rings (SSSR count). The zero-order valence-electron chi connectivity index (χ0n) is 12.5. The summed E-state index contributed by atoms with van der Waals surface area (Å²) in [5, 5.41) is 9.04. The van der Waals surface area contributed by atoms with Crippen molar-refractivity contribution >= 4 is 11.7 Å². The maximum atomic E-state index is 11.7. The van der Waals surface area contributed by atoms with Gasteiger partial charge in [-0.15, -0.1) is 0 Å². The smallest absolute Gasteiger partial charge is 0.319 e. The predicted octanol–water partition coefficient (Wildman–Crippen LogP) is 3.28. The first-order valence-electron chi connectivity index (χ1n) is 6.74. The zero-order valence-corrected chi connectivity index (χ0v) is 12.5. The van der Waals surface area contributed by atoms with Gasteiger partial charge < -0.3 is 16.0 Å². The molecule has 1 aromatic carbocycles. The van der Waals surface area contributed by atoms with E-state index in [1.54, 1.807) is 0 Å². The van der Waals surface area contributed by atoms with E-state index in [1.165, 1.54) is 5.56 Å². The largest absolute Gasteiger partial charge is 0.333 e. The first-order chi connectivity index (χ1) is 8.81. The molecule has 0 aliphatic rings. The maximum Gasteiger partial charge on any atom is 0.319 e. The van der Waals surface area contributed by atoms with Gasteiger partial charge in [0.05, 0.1) is 0 Å². The molecule has 106 valence electrons. The lowest BCUT2D eigenvalue weighted by Gasteiger charge is -2.21. The molecule has 2 amide bonds. The molecule has 0 aliphatic carbocycles. The molecule has 0 bridgehead atoms. The van der Waals surface area contributed by atoms with Gasteiger partial charge in [0.1, 0.15) is 0 Å². The number of urea groups is 1. The van der Waals surface area contributed by atoms with Crippen LogP contribution in [0, 0.1) is 0 Å². The third kappa shape index (κ3) is 5.75. The second-order valence-corrected chi connectivity index (χ2v) is 5.73. The van der Waals surface area contributed by atoms with Crippen molar-refractivity contribution in [3.63, 3.8) is 0 Å². The molecule has 0 saturated carbocycles. The van der Waals surface area contributed by atoms with E-state index in [0.29, 0.717) is 6.04 Å². The van der Waals surface area contributed by atoms with E-state index < -0.39 is 0 Å². The molecule has 0 aromatic heterocycles. The molecular formula is C15H25N3O. The van der Waals surface area contributed by atoms with Gasteiger partial charge in [-0.1, -0.05) is 19.1 Å². The minimum atomic E-state index is -0.233. The summed E-state index contributed by atoms with van der Waals surface area (Å²) in [5.74, 6) is 0. The Morgan fingerprint density at radius 1 is 1.21 bits per heavy atom. The van der Waals surface area contributed by atoms with Gasteiger partial charge in [-0.3, -0.25) is 0 Å². The topological polar surface area (TPSA) is 53.2 Å². The van der Waals surface area contributed by atoms with Crippen LogP contribution >= 0.6 is 0 Å². The molecule has 1 unspecified atom stereocenters. The molecular weight excluding hydrogens is 238 g/mol. The van der Waals surface area contributed by atoms with E-state index in [4.69, 9.17) is 0 Å². The van der Waals surface area contributed by atoms with Crippen LogP contribution in [0.2, 0.25) is 0 Å². The fourth-order valence-electron chi connectivity index (χ4n) is 1.78. The minimum Gasteiger partial charge on any atom is -0.333 e. The van der Waals surface area contributed by atoms with Crippen molar-refractivity contribution < 1.29 is 4.79 Å². The van der Waals surface area contributed by atoms with Gasteiger partial charge in [0.15, 0.2) is 0 Å². The van der Waals surface area contributed by atoms with Crippen LogP contribution in [-0.4, -0.2) is 18.1 Å². The van der Waals surface area contributed by atoms with E-state index in [1.807, 2.05) is 45.0 Å². The van der Waals surface area contributed by atoms with Gasteiger partial charge in [-0.05, 0) is 51.9 Å². The first-order valence-corrected chi connectivity index (χ1v) is 6.74. The summed E-state index contributed by atoms with van der Waals surface area (Å²) in [6, 6.07) is 8.04. The monoisotopic (exact) mass is 263 g/mol. The number of hydrogen-bond acceptors (Lipinski definition) is 2. The van der Waals surface area contributed by atoms with Crippen LogP contribution < -0.4 is 16.0 Å². The minimum absolute atomic E-state index is 0.181. The van der Waals surface area contributed by atoms with Crippen molar-refractivity contribution in [2.75, 3.05) is 11.9 Å². The molecule has 0 saturated heterocycles. The number of benzene rings is 1. The Morgan fingerprint density at radius 3 is 2.26 bits per heavy atom. The molecule has 0 radical (unpaired) electrons. The highest BCUT2D eigenvalue weighted by Gasteiger charge is 2.13. The average Bonchev–Trinajstić information content (AvgIpc) is 2.27. The number of carbonyl (C=O) groups excluding carboxylic acids is 1. The highest BCUT2D eigenvalue weighted by Crippen LogP contribution is 2.16. The zero-order chi connectivity index (χ0) is 14.5. The molecule has 4 heteroatoms. The Balaban J connectivity index is 2.59. The van der Waals surface area contributed by atoms with Crippen molar-refractivity contribution in [2.45, 2.75) is 46.2 Å². The summed E-state index contributed by atoms with van der Waals surface area (Å²) in [5.41, 5.74) is 1.78. The van der Waals surface area contributed by atoms with Crippen LogP contribution in [0.1, 0.15) is 46.2 Å². The van der Waals surface area contributed by atoms with Crippen molar-refractivity contribution in [1.29, 1.82) is 0 Å². The molecule has 0 heterocycles. The molecule has 0 aliphatic heterocycles. The van der Waals surface area contributed by atoms with Crippen molar-refractivity contribution in [2.24, 2.45) is 0 Å². The number of hydrogen-bond donors (Lipinski definition) is 3. The molecule has 0 fully saturated rings. The van der Waals surface area contributed by atoms with Crippen molar-refractivity contribution in [3.05, 3.63) is 29.8 Å². The Bertz CT molecular complexity index is 406. The first kappa shape index (κ1) is 15.5. The lowest BCUT2D eigenvalue weighted by Crippen LogP contribution is -2.43. The summed E-state index contributed by atoms with van der Waals surface area (Å²) >= 11 is 0. The maximum absolute atomic E-state index is 11.7. The Labute approximate surface area is 116 Å². The molecule has 4 nitrogen and oxygen atoms in total. The van der Waals surface area contributed by atoms with Crippen molar-refractivity contribution in [3.8, 4) is 0 Å². The second-order valence-electron chi connectivity index (χ2n) is 5.73. The molecule has 0 spiro atoms. The van der Waals surface area contributed by atoms with Gasteiger partial charge in [-0.2, -0.15) is 0 Å². The summed E-state index contributed by atoms with van der Waals surface area (Å²) < 4.78 is 0. The molecule has 19 heavy (non-hydrogen) atoms. The summed E-state index contributed by atoms with van der Waals surface area (Å²) in [4.78, 5) is 11.7. The van der Waals surface area contributed by atoms with Crippen LogP contribution in [0.15, 0.2) is 24.3 Å². The Hall–Kier alpha value is -1.55. The average molecular weight is 263 g/mol. The number of rotatable bonds is 4. The molecule has 1 aromatic rings. The van der Waals surface area contributed by atoms with Crippen molar-refractivity contribution in [1.82, 2.24) is 10.6 Å². The van der Waals surface area contributed by atoms with Crippen LogP contribution in [0.5, 0.6) is 0 Å². The number of anilines is 1. The molecule has 3 N–H and O–H groups in total. The fraction of sp³-hybridized carbons (Fsp3) is 0.533. The van der Waals surface area contributed by atoms with Gasteiger partial charge in [-0.25, -0.2) is 4.79 Å². The highest BCUT2D eigenvalue weighted by atomic mass is 16.2. The summed E-state index contributed by atoms with van der Waals surface area (Å²) in [6.07, 6.45) is 0. The van der Waals surface area contributed by atoms with Crippen LogP contribution in [-0.2, 0) is 0 Å². The fourth-order valence-corrected chi connectivity index (χ4v) is 1.78. The summed E-state index contributed by atoms with van der Waals surface area (Å²) in [6.45, 7) is 11.0. The predicted molar refractivity (Wildman–Crippen MR) is 80.4 cm³/mol. The lowest BCUT2D eigenvalue weighted by molar-refractivity contribution is 0.244. The number of nitrogens with one attached hydrogen (secondary N) is 3. The highest BCUT2D eigenvalue weighted by molar-refractivity contribution is 5.89. The van der Waals surface area contributed by atoms with E-state index in [-0.39, 0.29) is 11.6 Å². The third-order valence-corrected chi connectivity index (χ3v) is 2.67. The van der Waals surface area contributed by atoms with Crippen LogP contribution in [0.3, 0.4) is 0 Å². The lowest BCUT2D eigenvalue weighted by atomic mass is 10.1. The van der Waals surface area contributed by atoms with E-state index >= 15 is 0 Å². The Kier molecular flexibility index (Phi) is 5.36. The second kappa shape index (κ2) is 6.57. The molecule has 1 atom stereocenters. The van der Waals surface area contributed by atoms with E-state index in [9.17, 15) is 4.79 Å². The van der Waals surface area contributed by atoms with Gasteiger partial charge in [0.2, 0.25) is 0 Å². The standard InChI is InChI=1S/C15H25N3O/c1-6-16-11(2)12-7-9-13(10-8-12)17-14(19)18-15(3,4)5/h7-11,16H,6H2,1-5H3,(H2,17,18,19). The van der Waals surface area contributed by atoms with E-state index in [2.05, 4.69) is 29.8 Å². The third-order valence-electron chi connectivity index (χ3n) is 2.67. The number of carbonyl (C=O) groups is 1. The Morgan fingerprint density at radius 2 is 1.79 bits per heavy atom. The SMILES string of the molecule is CCNC(C)c1ccc(NC(=O)NC(C)(C)C)cc1. The summed E-state index contributed by atoms with van der Waals surface area (Å²) in [7, 11) is 0. The van der Waals surface area contributed by atoms with Gasteiger partial charge >= 0.3 is 6.03 Å². The van der Waals surface area contributed by atoms with E-state index in [0.717, 1.165) is 12.2 Å². The quantitative estimate of drug-likeness (QED) is 0.781. The van der Waals surface area contributed by atoms with Gasteiger partial charge in [0, 0.05) is 17.3 Å².